The lowest BCUT2D eigenvalue weighted by molar-refractivity contribution is -0.234. The SMILES string of the molecule is CCOC(=O)N[C@@H]1O[C@@H](CO)[C@@H](O)[C@@H](O)[C@@H]1O. The zero-order valence-electron chi connectivity index (χ0n) is 9.31. The molecule has 0 aliphatic carbocycles. The van der Waals surface area contributed by atoms with E-state index in [0.717, 1.165) is 0 Å². The summed E-state index contributed by atoms with van der Waals surface area (Å²) in [6.07, 6.45) is -7.60. The van der Waals surface area contributed by atoms with Crippen LogP contribution in [-0.2, 0) is 9.47 Å². The molecule has 17 heavy (non-hydrogen) atoms. The third kappa shape index (κ3) is 3.27. The summed E-state index contributed by atoms with van der Waals surface area (Å²) in [5.74, 6) is 0. The molecule has 1 saturated heterocycles. The van der Waals surface area contributed by atoms with Crippen molar-refractivity contribution in [1.29, 1.82) is 0 Å². The van der Waals surface area contributed by atoms with Gasteiger partial charge < -0.3 is 29.9 Å². The van der Waals surface area contributed by atoms with E-state index in [9.17, 15) is 20.1 Å². The van der Waals surface area contributed by atoms with Crippen molar-refractivity contribution in [3.05, 3.63) is 0 Å². The molecule has 1 aliphatic heterocycles. The van der Waals surface area contributed by atoms with Gasteiger partial charge in [0, 0.05) is 0 Å². The largest absolute Gasteiger partial charge is 0.450 e. The highest BCUT2D eigenvalue weighted by Crippen LogP contribution is 2.19. The number of nitrogens with one attached hydrogen (secondary N) is 1. The Kier molecular flexibility index (Phi) is 5.09. The molecule has 0 aromatic heterocycles. The maximum atomic E-state index is 11.1. The van der Waals surface area contributed by atoms with Crippen molar-refractivity contribution in [3.63, 3.8) is 0 Å². The number of aliphatic hydroxyl groups excluding tert-OH is 4. The van der Waals surface area contributed by atoms with Gasteiger partial charge in [0.05, 0.1) is 13.2 Å². The average molecular weight is 251 g/mol. The monoisotopic (exact) mass is 251 g/mol. The molecule has 0 spiro atoms. The van der Waals surface area contributed by atoms with E-state index in [0.29, 0.717) is 0 Å². The number of hydrogen-bond donors (Lipinski definition) is 5. The normalized spacial score (nSPS) is 37.6. The number of rotatable bonds is 3. The number of carbonyl (C=O) groups excluding carboxylic acids is 1. The summed E-state index contributed by atoms with van der Waals surface area (Å²) in [5, 5.41) is 39.5. The average Bonchev–Trinajstić information content (AvgIpc) is 2.30. The minimum atomic E-state index is -1.52. The smallest absolute Gasteiger partial charge is 0.409 e. The lowest BCUT2D eigenvalue weighted by Crippen LogP contribution is -2.63. The van der Waals surface area contributed by atoms with Crippen molar-refractivity contribution in [2.24, 2.45) is 0 Å². The van der Waals surface area contributed by atoms with Gasteiger partial charge in [-0.2, -0.15) is 0 Å². The lowest BCUT2D eigenvalue weighted by atomic mass is 9.98. The number of amides is 1. The Morgan fingerprint density at radius 1 is 1.29 bits per heavy atom. The predicted molar refractivity (Wildman–Crippen MR) is 53.9 cm³/mol. The molecule has 5 N–H and O–H groups in total. The van der Waals surface area contributed by atoms with Gasteiger partial charge in [-0.05, 0) is 6.92 Å². The van der Waals surface area contributed by atoms with E-state index in [2.05, 4.69) is 10.1 Å². The Labute approximate surface area is 97.8 Å². The van der Waals surface area contributed by atoms with Gasteiger partial charge >= 0.3 is 6.09 Å². The second-order valence-corrected chi connectivity index (χ2v) is 3.61. The van der Waals surface area contributed by atoms with E-state index in [1.807, 2.05) is 0 Å². The van der Waals surface area contributed by atoms with E-state index in [1.165, 1.54) is 0 Å². The second-order valence-electron chi connectivity index (χ2n) is 3.61. The fourth-order valence-electron chi connectivity index (χ4n) is 1.51. The highest BCUT2D eigenvalue weighted by atomic mass is 16.6. The van der Waals surface area contributed by atoms with Gasteiger partial charge in [-0.25, -0.2) is 4.79 Å². The Bertz CT molecular complexity index is 260. The van der Waals surface area contributed by atoms with Gasteiger partial charge in [0.15, 0.2) is 6.23 Å². The maximum Gasteiger partial charge on any atom is 0.409 e. The minimum absolute atomic E-state index is 0.142. The third-order valence-electron chi connectivity index (χ3n) is 2.43. The highest BCUT2D eigenvalue weighted by molar-refractivity contribution is 5.67. The Morgan fingerprint density at radius 2 is 1.94 bits per heavy atom. The van der Waals surface area contributed by atoms with Crippen LogP contribution in [-0.4, -0.2) is 70.4 Å². The van der Waals surface area contributed by atoms with Crippen LogP contribution >= 0.6 is 0 Å². The molecule has 1 aliphatic rings. The summed E-state index contributed by atoms with van der Waals surface area (Å²) in [5.41, 5.74) is 0. The number of carbonyl (C=O) groups is 1. The molecule has 1 rings (SSSR count). The van der Waals surface area contributed by atoms with Crippen molar-refractivity contribution in [2.45, 2.75) is 37.6 Å². The molecule has 0 radical (unpaired) electrons. The van der Waals surface area contributed by atoms with Crippen molar-refractivity contribution < 1.29 is 34.7 Å². The zero-order valence-corrected chi connectivity index (χ0v) is 9.31. The second kappa shape index (κ2) is 6.12. The van der Waals surface area contributed by atoms with Crippen molar-refractivity contribution in [2.75, 3.05) is 13.2 Å². The van der Waals surface area contributed by atoms with Crippen LogP contribution in [0.4, 0.5) is 4.79 Å². The van der Waals surface area contributed by atoms with Crippen LogP contribution in [0.3, 0.4) is 0 Å². The topological polar surface area (TPSA) is 128 Å². The summed E-state index contributed by atoms with van der Waals surface area (Å²) in [6, 6.07) is 0. The fraction of sp³-hybridized carbons (Fsp3) is 0.889. The van der Waals surface area contributed by atoms with Gasteiger partial charge in [0.25, 0.3) is 0 Å². The van der Waals surface area contributed by atoms with E-state index >= 15 is 0 Å². The molecule has 0 saturated carbocycles. The van der Waals surface area contributed by atoms with E-state index in [4.69, 9.17) is 9.84 Å². The van der Waals surface area contributed by atoms with Crippen LogP contribution in [0.15, 0.2) is 0 Å². The number of alkyl carbamates (subject to hydrolysis) is 1. The molecule has 5 atom stereocenters. The molecule has 1 amide bonds. The van der Waals surface area contributed by atoms with Gasteiger partial charge in [-0.3, -0.25) is 5.32 Å². The first-order valence-corrected chi connectivity index (χ1v) is 5.25. The first-order valence-electron chi connectivity index (χ1n) is 5.25. The molecule has 1 heterocycles. The van der Waals surface area contributed by atoms with Gasteiger partial charge in [0.1, 0.15) is 24.4 Å². The number of ether oxygens (including phenoxy) is 2. The molecule has 0 unspecified atom stereocenters. The summed E-state index contributed by atoms with van der Waals surface area (Å²) in [4.78, 5) is 11.1. The Balaban J connectivity index is 2.62. The molecule has 8 heteroatoms. The molecule has 0 aromatic carbocycles. The van der Waals surface area contributed by atoms with Crippen molar-refractivity contribution in [3.8, 4) is 0 Å². The van der Waals surface area contributed by atoms with E-state index in [-0.39, 0.29) is 6.61 Å². The predicted octanol–water partition coefficient (Wildman–Crippen LogP) is -2.47. The molecule has 100 valence electrons. The molecule has 1 fully saturated rings. The van der Waals surface area contributed by atoms with Gasteiger partial charge in [-0.15, -0.1) is 0 Å². The van der Waals surface area contributed by atoms with Crippen molar-refractivity contribution in [1.82, 2.24) is 5.32 Å². The minimum Gasteiger partial charge on any atom is -0.450 e. The number of hydrogen-bond acceptors (Lipinski definition) is 7. The van der Waals surface area contributed by atoms with Crippen LogP contribution in [0.2, 0.25) is 0 Å². The quantitative estimate of drug-likeness (QED) is 0.376. The Morgan fingerprint density at radius 3 is 2.47 bits per heavy atom. The number of aliphatic hydroxyl groups is 4. The van der Waals surface area contributed by atoms with Gasteiger partial charge in [0.2, 0.25) is 0 Å². The zero-order chi connectivity index (χ0) is 13.0. The first kappa shape index (κ1) is 14.1. The summed E-state index contributed by atoms with van der Waals surface area (Å²) in [7, 11) is 0. The molecular formula is C9H17NO7. The van der Waals surface area contributed by atoms with E-state index in [1.54, 1.807) is 6.92 Å². The summed E-state index contributed by atoms with van der Waals surface area (Å²) >= 11 is 0. The Hall–Kier alpha value is -0.930. The highest BCUT2D eigenvalue weighted by Gasteiger charge is 2.44. The molecule has 0 bridgehead atoms. The van der Waals surface area contributed by atoms with Crippen molar-refractivity contribution >= 4 is 6.09 Å². The fourth-order valence-corrected chi connectivity index (χ4v) is 1.51. The van der Waals surface area contributed by atoms with Crippen LogP contribution < -0.4 is 5.32 Å². The summed E-state index contributed by atoms with van der Waals surface area (Å²) in [6.45, 7) is 1.20. The maximum absolute atomic E-state index is 11.1. The van der Waals surface area contributed by atoms with Gasteiger partial charge in [-0.1, -0.05) is 0 Å². The first-order chi connectivity index (χ1) is 8.01. The van der Waals surface area contributed by atoms with Crippen LogP contribution in [0, 0.1) is 0 Å². The third-order valence-corrected chi connectivity index (χ3v) is 2.43. The molecule has 0 aromatic rings. The molecule has 8 nitrogen and oxygen atoms in total. The van der Waals surface area contributed by atoms with Crippen LogP contribution in [0.1, 0.15) is 6.92 Å². The van der Waals surface area contributed by atoms with E-state index < -0.39 is 43.3 Å². The lowest BCUT2D eigenvalue weighted by Gasteiger charge is -2.39. The summed E-state index contributed by atoms with van der Waals surface area (Å²) < 4.78 is 9.60. The van der Waals surface area contributed by atoms with Crippen LogP contribution in [0.5, 0.6) is 0 Å². The molecular weight excluding hydrogens is 234 g/mol. The van der Waals surface area contributed by atoms with Crippen LogP contribution in [0.25, 0.3) is 0 Å². The standard InChI is InChI=1S/C9H17NO7/c1-2-16-9(15)10-8-7(14)6(13)5(12)4(3-11)17-8/h4-8,11-14H,2-3H2,1H3,(H,10,15)/t4-,5+,6+,7-,8+/m0/s1.